The summed E-state index contributed by atoms with van der Waals surface area (Å²) in [6.07, 6.45) is 0. The first kappa shape index (κ1) is 29.7. The summed E-state index contributed by atoms with van der Waals surface area (Å²) >= 11 is 8.30. The number of nitrogens with zero attached hydrogens (tertiary/aromatic N) is 1. The van der Waals surface area contributed by atoms with E-state index in [1.165, 1.54) is 0 Å². The van der Waals surface area contributed by atoms with Crippen molar-refractivity contribution in [3.05, 3.63) is 67.6 Å². The fraction of sp³-hybridized carbons (Fsp3) is 0.310. The quantitative estimate of drug-likeness (QED) is 0.214. The van der Waals surface area contributed by atoms with E-state index < -0.39 is 17.5 Å². The standard InChI is InChI=1S/C29H29NO7S3/c1-7-36-26(32)22-23(27(33)37-8-2)40-28(39-22)21-19-15-18(35-6)12-13-20(19)30(29(3,4)24(21)38)25(31)16-10-9-11-17(14-16)34-5/h9-15H,7-8H2,1-6H3. The average molecular weight is 600 g/mol. The molecule has 0 spiro atoms. The molecule has 40 heavy (non-hydrogen) atoms. The van der Waals surface area contributed by atoms with Gasteiger partial charge >= 0.3 is 11.9 Å². The second-order valence-corrected chi connectivity index (χ2v) is 11.8. The Morgan fingerprint density at radius 1 is 0.875 bits per heavy atom. The highest BCUT2D eigenvalue weighted by atomic mass is 32.2. The molecule has 2 heterocycles. The predicted molar refractivity (Wildman–Crippen MR) is 162 cm³/mol. The van der Waals surface area contributed by atoms with Crippen LogP contribution in [0.1, 0.15) is 43.6 Å². The number of thioether (sulfide) groups is 2. The SMILES string of the molecule is CCOC(=O)C1=C(C(=O)OCC)SC(=C2C(=S)C(C)(C)N(C(=O)c3cccc(OC)c3)c3ccc(OC)cc32)S1. The van der Waals surface area contributed by atoms with Crippen molar-refractivity contribution in [2.24, 2.45) is 0 Å². The van der Waals surface area contributed by atoms with Crippen LogP contribution in [0, 0.1) is 0 Å². The van der Waals surface area contributed by atoms with E-state index in [2.05, 4.69) is 0 Å². The molecule has 0 radical (unpaired) electrons. The summed E-state index contributed by atoms with van der Waals surface area (Å²) < 4.78 is 21.9. The van der Waals surface area contributed by atoms with Gasteiger partial charge in [-0.2, -0.15) is 0 Å². The first-order valence-electron chi connectivity index (χ1n) is 12.5. The lowest BCUT2D eigenvalue weighted by Gasteiger charge is -2.45. The molecule has 0 fully saturated rings. The van der Waals surface area contributed by atoms with Gasteiger partial charge in [0.15, 0.2) is 0 Å². The maximum absolute atomic E-state index is 14.0. The molecule has 210 valence electrons. The van der Waals surface area contributed by atoms with E-state index in [1.807, 2.05) is 19.9 Å². The van der Waals surface area contributed by atoms with Gasteiger partial charge in [-0.25, -0.2) is 9.59 Å². The number of hydrogen-bond donors (Lipinski definition) is 0. The van der Waals surface area contributed by atoms with Crippen LogP contribution in [0.3, 0.4) is 0 Å². The lowest BCUT2D eigenvalue weighted by atomic mass is 9.82. The molecule has 0 aromatic heterocycles. The molecule has 8 nitrogen and oxygen atoms in total. The summed E-state index contributed by atoms with van der Waals surface area (Å²) in [5.74, 6) is -0.360. The Morgan fingerprint density at radius 3 is 2.00 bits per heavy atom. The third kappa shape index (κ3) is 5.37. The second-order valence-electron chi connectivity index (χ2n) is 9.11. The molecule has 4 rings (SSSR count). The minimum Gasteiger partial charge on any atom is -0.497 e. The number of hydrogen-bond acceptors (Lipinski definition) is 10. The molecular weight excluding hydrogens is 571 g/mol. The van der Waals surface area contributed by atoms with E-state index in [-0.39, 0.29) is 28.9 Å². The second kappa shape index (κ2) is 12.1. The van der Waals surface area contributed by atoms with E-state index in [9.17, 15) is 14.4 Å². The monoisotopic (exact) mass is 599 g/mol. The van der Waals surface area contributed by atoms with Crippen LogP contribution < -0.4 is 14.4 Å². The van der Waals surface area contributed by atoms with Gasteiger partial charge in [-0.1, -0.05) is 41.8 Å². The number of carbonyl (C=O) groups excluding carboxylic acids is 3. The van der Waals surface area contributed by atoms with Crippen LogP contribution in [0.5, 0.6) is 11.5 Å². The van der Waals surface area contributed by atoms with Crippen molar-refractivity contribution < 1.29 is 33.3 Å². The summed E-state index contributed by atoms with van der Waals surface area (Å²) in [4.78, 5) is 42.1. The number of anilines is 1. The van der Waals surface area contributed by atoms with Gasteiger partial charge in [-0.3, -0.25) is 9.69 Å². The van der Waals surface area contributed by atoms with Crippen molar-refractivity contribution in [2.45, 2.75) is 33.2 Å². The molecule has 0 aliphatic carbocycles. The summed E-state index contributed by atoms with van der Waals surface area (Å²) in [7, 11) is 3.10. The Balaban J connectivity index is 1.91. The maximum Gasteiger partial charge on any atom is 0.346 e. The molecular formula is C29H29NO7S3. The van der Waals surface area contributed by atoms with Crippen LogP contribution in [0.15, 0.2) is 56.5 Å². The third-order valence-electron chi connectivity index (χ3n) is 6.30. The van der Waals surface area contributed by atoms with Crippen molar-refractivity contribution >= 4 is 69.7 Å². The Kier molecular flexibility index (Phi) is 8.96. The van der Waals surface area contributed by atoms with Crippen molar-refractivity contribution in [3.8, 4) is 11.5 Å². The zero-order valence-electron chi connectivity index (χ0n) is 23.0. The van der Waals surface area contributed by atoms with Crippen LogP contribution in [0.25, 0.3) is 5.57 Å². The number of fused-ring (bicyclic) bond motifs is 1. The Labute approximate surface area is 247 Å². The van der Waals surface area contributed by atoms with E-state index >= 15 is 0 Å². The number of methoxy groups -OCH3 is 2. The first-order chi connectivity index (χ1) is 19.1. The molecule has 1 amide bonds. The molecule has 2 aliphatic rings. The van der Waals surface area contributed by atoms with Crippen molar-refractivity contribution in [1.82, 2.24) is 0 Å². The molecule has 0 N–H and O–H groups in total. The molecule has 11 heteroatoms. The summed E-state index contributed by atoms with van der Waals surface area (Å²) in [5.41, 5.74) is 1.37. The average Bonchev–Trinajstić information content (AvgIpc) is 3.39. The van der Waals surface area contributed by atoms with Gasteiger partial charge < -0.3 is 18.9 Å². The zero-order valence-corrected chi connectivity index (χ0v) is 25.4. The minimum atomic E-state index is -0.961. The molecule has 0 bridgehead atoms. The van der Waals surface area contributed by atoms with Crippen LogP contribution in [0.4, 0.5) is 5.69 Å². The van der Waals surface area contributed by atoms with Gasteiger partial charge in [0.25, 0.3) is 5.91 Å². The smallest absolute Gasteiger partial charge is 0.346 e. The van der Waals surface area contributed by atoms with Crippen molar-refractivity contribution in [2.75, 3.05) is 32.3 Å². The molecule has 2 aliphatic heterocycles. The normalized spacial score (nSPS) is 16.1. The third-order valence-corrected chi connectivity index (χ3v) is 9.56. The van der Waals surface area contributed by atoms with Gasteiger partial charge in [0.1, 0.15) is 21.3 Å². The van der Waals surface area contributed by atoms with Crippen LogP contribution in [-0.4, -0.2) is 55.7 Å². The molecule has 0 unspecified atom stereocenters. The number of carbonyl (C=O) groups is 3. The number of thiocarbonyl (C=S) groups is 1. The number of esters is 2. The lowest BCUT2D eigenvalue weighted by Crippen LogP contribution is -2.56. The fourth-order valence-corrected chi connectivity index (χ4v) is 7.37. The van der Waals surface area contributed by atoms with Crippen LogP contribution in [-0.2, 0) is 19.1 Å². The van der Waals surface area contributed by atoms with Gasteiger partial charge in [-0.05, 0) is 64.1 Å². The molecule has 2 aromatic rings. The predicted octanol–water partition coefficient (Wildman–Crippen LogP) is 6.00. The summed E-state index contributed by atoms with van der Waals surface area (Å²) in [5, 5.41) is 0. The van der Waals surface area contributed by atoms with Gasteiger partial charge in [0, 0.05) is 16.7 Å². The summed E-state index contributed by atoms with van der Waals surface area (Å²) in [6.45, 7) is 7.45. The fourth-order valence-electron chi connectivity index (χ4n) is 4.38. The van der Waals surface area contributed by atoms with Crippen LogP contribution >= 0.6 is 35.7 Å². The zero-order chi connectivity index (χ0) is 29.2. The highest BCUT2D eigenvalue weighted by Gasteiger charge is 2.46. The largest absolute Gasteiger partial charge is 0.497 e. The van der Waals surface area contributed by atoms with E-state index in [0.29, 0.717) is 43.0 Å². The molecule has 0 saturated carbocycles. The van der Waals surface area contributed by atoms with Crippen molar-refractivity contribution in [3.63, 3.8) is 0 Å². The Hall–Kier alpha value is -3.28. The summed E-state index contributed by atoms with van der Waals surface area (Å²) in [6, 6.07) is 12.3. The highest BCUT2D eigenvalue weighted by Crippen LogP contribution is 2.56. The number of rotatable bonds is 7. The van der Waals surface area contributed by atoms with E-state index in [4.69, 9.17) is 31.2 Å². The molecule has 0 saturated heterocycles. The van der Waals surface area contributed by atoms with Gasteiger partial charge in [0.2, 0.25) is 0 Å². The topological polar surface area (TPSA) is 91.4 Å². The van der Waals surface area contributed by atoms with E-state index in [0.717, 1.165) is 23.5 Å². The maximum atomic E-state index is 14.0. The Morgan fingerprint density at radius 2 is 1.45 bits per heavy atom. The number of amides is 1. The highest BCUT2D eigenvalue weighted by molar-refractivity contribution is 8.29. The Bertz CT molecular complexity index is 1430. The van der Waals surface area contributed by atoms with E-state index in [1.54, 1.807) is 69.4 Å². The number of benzene rings is 2. The molecule has 2 aromatic carbocycles. The van der Waals surface area contributed by atoms with Crippen molar-refractivity contribution in [1.29, 1.82) is 0 Å². The van der Waals surface area contributed by atoms with Crippen LogP contribution in [0.2, 0.25) is 0 Å². The van der Waals surface area contributed by atoms with Gasteiger partial charge in [0.05, 0.1) is 47.8 Å². The first-order valence-corrected chi connectivity index (χ1v) is 14.5. The molecule has 0 atom stereocenters. The minimum absolute atomic E-state index is 0.146. The van der Waals surface area contributed by atoms with Gasteiger partial charge in [-0.15, -0.1) is 0 Å². The lowest BCUT2D eigenvalue weighted by molar-refractivity contribution is -0.140. The number of ether oxygens (including phenoxy) is 4.